The molecule has 0 saturated carbocycles. The van der Waals surface area contributed by atoms with Gasteiger partial charge in [0.2, 0.25) is 5.91 Å². The molecule has 1 amide bonds. The van der Waals surface area contributed by atoms with Crippen LogP contribution in [0.5, 0.6) is 5.75 Å². The van der Waals surface area contributed by atoms with Crippen LogP contribution in [0.25, 0.3) is 0 Å². The van der Waals surface area contributed by atoms with Crippen molar-refractivity contribution in [1.82, 2.24) is 5.32 Å². The van der Waals surface area contributed by atoms with Gasteiger partial charge in [-0.05, 0) is 18.9 Å². The Morgan fingerprint density at radius 3 is 3.00 bits per heavy atom. The second-order valence-electron chi connectivity index (χ2n) is 4.24. The number of rotatable bonds is 4. The van der Waals surface area contributed by atoms with Gasteiger partial charge < -0.3 is 15.2 Å². The first-order chi connectivity index (χ1) is 8.25. The van der Waals surface area contributed by atoms with Gasteiger partial charge in [0, 0.05) is 18.7 Å². The summed E-state index contributed by atoms with van der Waals surface area (Å²) in [6.45, 7) is 1.12. The van der Waals surface area contributed by atoms with E-state index in [2.05, 4.69) is 5.32 Å². The Bertz CT molecular complexity index is 386. The fourth-order valence-corrected chi connectivity index (χ4v) is 1.94. The molecule has 1 aliphatic rings. The standard InChI is InChI=1S/C13H17NO3/c15-12-6-2-1-4-10(12)9-14-13(16)8-11-5-3-7-17-11/h1-2,4,6,11,15H,3,5,7-9H2,(H,14,16). The number of carbonyl (C=O) groups is 1. The highest BCUT2D eigenvalue weighted by molar-refractivity contribution is 5.76. The number of phenols is 1. The number of phenolic OH excluding ortho intramolecular Hbond substituents is 1. The Morgan fingerprint density at radius 1 is 1.47 bits per heavy atom. The Balaban J connectivity index is 1.77. The lowest BCUT2D eigenvalue weighted by Crippen LogP contribution is -2.26. The van der Waals surface area contributed by atoms with Gasteiger partial charge in [0.1, 0.15) is 5.75 Å². The molecule has 0 bridgehead atoms. The summed E-state index contributed by atoms with van der Waals surface area (Å²) in [6, 6.07) is 7.00. The van der Waals surface area contributed by atoms with Crippen LogP contribution in [-0.2, 0) is 16.1 Å². The lowest BCUT2D eigenvalue weighted by Gasteiger charge is -2.10. The largest absolute Gasteiger partial charge is 0.508 e. The molecule has 0 aliphatic carbocycles. The number of benzene rings is 1. The Morgan fingerprint density at radius 2 is 2.29 bits per heavy atom. The van der Waals surface area contributed by atoms with Gasteiger partial charge in [-0.15, -0.1) is 0 Å². The summed E-state index contributed by atoms with van der Waals surface area (Å²) in [7, 11) is 0. The molecule has 1 unspecified atom stereocenters. The Labute approximate surface area is 101 Å². The quantitative estimate of drug-likeness (QED) is 0.833. The van der Waals surface area contributed by atoms with Crippen LogP contribution in [0.15, 0.2) is 24.3 Å². The van der Waals surface area contributed by atoms with Crippen molar-refractivity contribution in [2.75, 3.05) is 6.61 Å². The van der Waals surface area contributed by atoms with Crippen molar-refractivity contribution >= 4 is 5.91 Å². The molecule has 4 heteroatoms. The lowest BCUT2D eigenvalue weighted by atomic mass is 10.1. The van der Waals surface area contributed by atoms with E-state index in [-0.39, 0.29) is 17.8 Å². The average Bonchev–Trinajstić information content (AvgIpc) is 2.81. The lowest BCUT2D eigenvalue weighted by molar-refractivity contribution is -0.123. The molecular weight excluding hydrogens is 218 g/mol. The smallest absolute Gasteiger partial charge is 0.222 e. The van der Waals surface area contributed by atoms with Crippen LogP contribution in [0.3, 0.4) is 0 Å². The number of ether oxygens (including phenoxy) is 1. The molecule has 2 rings (SSSR count). The van der Waals surface area contributed by atoms with E-state index in [1.54, 1.807) is 18.2 Å². The van der Waals surface area contributed by atoms with Crippen LogP contribution in [0.2, 0.25) is 0 Å². The molecule has 0 aromatic heterocycles. The second-order valence-corrected chi connectivity index (χ2v) is 4.24. The molecule has 4 nitrogen and oxygen atoms in total. The predicted octanol–water partition coefficient (Wildman–Crippen LogP) is 1.58. The summed E-state index contributed by atoms with van der Waals surface area (Å²) in [5.41, 5.74) is 0.730. The molecule has 0 radical (unpaired) electrons. The molecule has 1 aliphatic heterocycles. The normalized spacial score (nSPS) is 19.2. The molecule has 1 heterocycles. The van der Waals surface area contributed by atoms with Crippen molar-refractivity contribution in [3.05, 3.63) is 29.8 Å². The maximum Gasteiger partial charge on any atom is 0.222 e. The zero-order valence-corrected chi connectivity index (χ0v) is 9.69. The fourth-order valence-electron chi connectivity index (χ4n) is 1.94. The number of carbonyl (C=O) groups excluding carboxylic acids is 1. The summed E-state index contributed by atoms with van der Waals surface area (Å²) >= 11 is 0. The second kappa shape index (κ2) is 5.68. The molecule has 1 fully saturated rings. The fraction of sp³-hybridized carbons (Fsp3) is 0.462. The van der Waals surface area contributed by atoms with Crippen LogP contribution in [0, 0.1) is 0 Å². The third-order valence-corrected chi connectivity index (χ3v) is 2.90. The first-order valence-electron chi connectivity index (χ1n) is 5.91. The van der Waals surface area contributed by atoms with Crippen LogP contribution < -0.4 is 5.32 Å². The minimum absolute atomic E-state index is 0.0276. The third-order valence-electron chi connectivity index (χ3n) is 2.90. The van der Waals surface area contributed by atoms with E-state index in [9.17, 15) is 9.90 Å². The maximum absolute atomic E-state index is 11.6. The number of para-hydroxylation sites is 1. The predicted molar refractivity (Wildman–Crippen MR) is 63.5 cm³/mol. The molecule has 92 valence electrons. The number of amides is 1. The zero-order valence-electron chi connectivity index (χ0n) is 9.69. The van der Waals surface area contributed by atoms with E-state index in [1.807, 2.05) is 6.07 Å². The van der Waals surface area contributed by atoms with Crippen molar-refractivity contribution in [2.24, 2.45) is 0 Å². The Hall–Kier alpha value is -1.55. The van der Waals surface area contributed by atoms with Gasteiger partial charge in [-0.1, -0.05) is 18.2 Å². The van der Waals surface area contributed by atoms with Crippen molar-refractivity contribution in [2.45, 2.75) is 31.9 Å². The first kappa shape index (κ1) is 11.9. The van der Waals surface area contributed by atoms with Gasteiger partial charge in [-0.2, -0.15) is 0 Å². The van der Waals surface area contributed by atoms with E-state index < -0.39 is 0 Å². The van der Waals surface area contributed by atoms with Gasteiger partial charge in [0.25, 0.3) is 0 Å². The molecule has 1 aromatic rings. The van der Waals surface area contributed by atoms with Crippen molar-refractivity contribution in [3.63, 3.8) is 0 Å². The van der Waals surface area contributed by atoms with Crippen molar-refractivity contribution in [3.8, 4) is 5.75 Å². The van der Waals surface area contributed by atoms with Gasteiger partial charge in [0.15, 0.2) is 0 Å². The summed E-state index contributed by atoms with van der Waals surface area (Å²) in [5.74, 6) is 0.185. The van der Waals surface area contributed by atoms with Crippen molar-refractivity contribution < 1.29 is 14.6 Å². The molecule has 17 heavy (non-hydrogen) atoms. The van der Waals surface area contributed by atoms with Gasteiger partial charge in [-0.3, -0.25) is 4.79 Å². The third kappa shape index (κ3) is 3.46. The van der Waals surface area contributed by atoms with Crippen LogP contribution in [-0.4, -0.2) is 23.7 Å². The highest BCUT2D eigenvalue weighted by Gasteiger charge is 2.18. The van der Waals surface area contributed by atoms with Crippen molar-refractivity contribution in [1.29, 1.82) is 0 Å². The number of nitrogens with one attached hydrogen (secondary N) is 1. The highest BCUT2D eigenvalue weighted by atomic mass is 16.5. The Kier molecular flexibility index (Phi) is 3.98. The molecule has 0 spiro atoms. The van der Waals surface area contributed by atoms with E-state index in [4.69, 9.17) is 4.74 Å². The molecule has 1 aromatic carbocycles. The zero-order chi connectivity index (χ0) is 12.1. The monoisotopic (exact) mass is 235 g/mol. The number of hydrogen-bond acceptors (Lipinski definition) is 3. The SMILES string of the molecule is O=C(CC1CCCO1)NCc1ccccc1O. The van der Waals surface area contributed by atoms with E-state index >= 15 is 0 Å². The first-order valence-corrected chi connectivity index (χ1v) is 5.91. The van der Waals surface area contributed by atoms with E-state index in [0.717, 1.165) is 25.0 Å². The number of aromatic hydroxyl groups is 1. The molecule has 2 N–H and O–H groups in total. The van der Waals surface area contributed by atoms with Gasteiger partial charge in [0.05, 0.1) is 12.5 Å². The molecule has 1 atom stereocenters. The topological polar surface area (TPSA) is 58.6 Å². The van der Waals surface area contributed by atoms with Crippen LogP contribution in [0.1, 0.15) is 24.8 Å². The molecule has 1 saturated heterocycles. The van der Waals surface area contributed by atoms with E-state index in [0.29, 0.717) is 13.0 Å². The van der Waals surface area contributed by atoms with Gasteiger partial charge >= 0.3 is 0 Å². The minimum atomic E-state index is -0.0276. The summed E-state index contributed by atoms with van der Waals surface area (Å²) in [4.78, 5) is 11.6. The summed E-state index contributed by atoms with van der Waals surface area (Å²) in [5, 5.41) is 12.3. The van der Waals surface area contributed by atoms with Crippen LogP contribution >= 0.6 is 0 Å². The minimum Gasteiger partial charge on any atom is -0.508 e. The van der Waals surface area contributed by atoms with Gasteiger partial charge in [-0.25, -0.2) is 0 Å². The highest BCUT2D eigenvalue weighted by Crippen LogP contribution is 2.16. The summed E-state index contributed by atoms with van der Waals surface area (Å²) < 4.78 is 5.39. The van der Waals surface area contributed by atoms with Crippen LogP contribution in [0.4, 0.5) is 0 Å². The molecular formula is C13H17NO3. The maximum atomic E-state index is 11.6. The number of hydrogen-bond donors (Lipinski definition) is 2. The summed E-state index contributed by atoms with van der Waals surface area (Å²) in [6.07, 6.45) is 2.48. The van der Waals surface area contributed by atoms with E-state index in [1.165, 1.54) is 0 Å². The average molecular weight is 235 g/mol.